The standard InChI is InChI=1S/C49H65N9O12S2/c1-47(2,3)69-45(59)50-26-27-52-71(62,63)41-23-22-40(56-28-24-49(61,25-29-56)33-51-46(60)70-48(4,5)6)42(44-53-55-58(54-44)32-36-14-20-39(68-9)21-15-36)43(41)72(64,65)57(30-34-10-16-37(66-7)17-11-34)31-35-12-18-38(67-8)19-13-35/h10-23,52,61H,24-33H2,1-9H3,(H,50,59)(H,51,60). The molecule has 21 nitrogen and oxygen atoms in total. The molecule has 6 rings (SSSR count). The van der Waals surface area contributed by atoms with E-state index >= 15 is 8.42 Å². The van der Waals surface area contributed by atoms with Crippen molar-refractivity contribution in [2.24, 2.45) is 0 Å². The van der Waals surface area contributed by atoms with Crippen LogP contribution in [0.2, 0.25) is 0 Å². The number of methoxy groups -OCH3 is 3. The number of aromatic nitrogens is 4. The van der Waals surface area contributed by atoms with Crippen LogP contribution in [0.1, 0.15) is 71.1 Å². The number of alkyl carbamates (subject to hydrolysis) is 2. The molecule has 4 N–H and O–H groups in total. The monoisotopic (exact) mass is 1040 g/mol. The van der Waals surface area contributed by atoms with Gasteiger partial charge in [-0.2, -0.15) is 9.10 Å². The number of anilines is 1. The zero-order valence-corrected chi connectivity index (χ0v) is 43.7. The van der Waals surface area contributed by atoms with Gasteiger partial charge in [0, 0.05) is 51.5 Å². The number of carbonyl (C=O) groups is 2. The molecule has 2 amide bonds. The van der Waals surface area contributed by atoms with Crippen LogP contribution < -0.4 is 34.5 Å². The van der Waals surface area contributed by atoms with Crippen LogP contribution in [0.3, 0.4) is 0 Å². The number of piperidine rings is 1. The van der Waals surface area contributed by atoms with E-state index in [9.17, 15) is 23.1 Å². The van der Waals surface area contributed by atoms with Crippen LogP contribution in [-0.4, -0.2) is 129 Å². The second kappa shape index (κ2) is 22.9. The maximum absolute atomic E-state index is 16.1. The summed E-state index contributed by atoms with van der Waals surface area (Å²) in [5.74, 6) is 1.50. The molecular weight excluding hydrogens is 971 g/mol. The summed E-state index contributed by atoms with van der Waals surface area (Å²) in [4.78, 5) is 26.9. The molecule has 1 aromatic heterocycles. The maximum atomic E-state index is 16.1. The molecule has 0 aliphatic carbocycles. The van der Waals surface area contributed by atoms with Crippen molar-refractivity contribution >= 4 is 37.9 Å². The van der Waals surface area contributed by atoms with Crippen molar-refractivity contribution in [1.29, 1.82) is 0 Å². The Kier molecular flexibility index (Phi) is 17.4. The van der Waals surface area contributed by atoms with Crippen LogP contribution in [0.25, 0.3) is 11.4 Å². The third-order valence-corrected chi connectivity index (χ3v) is 14.8. The fourth-order valence-corrected chi connectivity index (χ4v) is 11.1. The summed E-state index contributed by atoms with van der Waals surface area (Å²) < 4.78 is 92.1. The molecular formula is C49H65N9O12S2. The van der Waals surface area contributed by atoms with E-state index in [0.29, 0.717) is 28.4 Å². The van der Waals surface area contributed by atoms with E-state index < -0.39 is 58.8 Å². The first-order valence-corrected chi connectivity index (χ1v) is 26.1. The van der Waals surface area contributed by atoms with E-state index in [-0.39, 0.29) is 82.3 Å². The first-order chi connectivity index (χ1) is 33.9. The van der Waals surface area contributed by atoms with Crippen LogP contribution in [0.15, 0.2) is 94.7 Å². The molecule has 0 radical (unpaired) electrons. The van der Waals surface area contributed by atoms with Gasteiger partial charge in [-0.25, -0.2) is 31.1 Å². The SMILES string of the molecule is COc1ccc(CN(Cc2ccc(OC)cc2)S(=O)(=O)c2c(S(=O)(=O)NCCNC(=O)OC(C)(C)C)ccc(N3CCC(O)(CNC(=O)OC(C)(C)C)CC3)c2-c2nnn(Cc3ccc(OC)cc3)n2)cc1. The lowest BCUT2D eigenvalue weighted by atomic mass is 9.90. The molecule has 0 unspecified atom stereocenters. The van der Waals surface area contributed by atoms with Gasteiger partial charge < -0.3 is 44.3 Å². The van der Waals surface area contributed by atoms with Gasteiger partial charge in [0.2, 0.25) is 25.9 Å². The highest BCUT2D eigenvalue weighted by molar-refractivity contribution is 7.92. The number of benzene rings is 4. The number of carbonyl (C=O) groups excluding carboxylic acids is 2. The average Bonchev–Trinajstić information content (AvgIpc) is 3.79. The van der Waals surface area contributed by atoms with Gasteiger partial charge in [0.05, 0.1) is 39.0 Å². The number of hydrogen-bond acceptors (Lipinski definition) is 16. The summed E-state index contributed by atoms with van der Waals surface area (Å²) in [5.41, 5.74) is -1.02. The molecule has 4 aromatic carbocycles. The number of ether oxygens (including phenoxy) is 5. The number of aliphatic hydroxyl groups is 1. The van der Waals surface area contributed by atoms with Gasteiger partial charge in [-0.15, -0.1) is 10.2 Å². The molecule has 1 fully saturated rings. The zero-order valence-electron chi connectivity index (χ0n) is 42.1. The summed E-state index contributed by atoms with van der Waals surface area (Å²) >= 11 is 0. The Balaban J connectivity index is 1.51. The highest BCUT2D eigenvalue weighted by Gasteiger charge is 2.40. The Labute approximate surface area is 421 Å². The number of tetrazole rings is 1. The van der Waals surface area contributed by atoms with Crippen LogP contribution in [0.4, 0.5) is 15.3 Å². The molecule has 5 aromatic rings. The van der Waals surface area contributed by atoms with E-state index in [4.69, 9.17) is 28.8 Å². The topological polar surface area (TPSA) is 255 Å². The second-order valence-corrected chi connectivity index (χ2v) is 22.8. The molecule has 2 heterocycles. The Morgan fingerprint density at radius 2 is 1.18 bits per heavy atom. The quantitative estimate of drug-likeness (QED) is 0.0706. The molecule has 72 heavy (non-hydrogen) atoms. The Bertz CT molecular complexity index is 2810. The van der Waals surface area contributed by atoms with Gasteiger partial charge in [0.1, 0.15) is 38.2 Å². The predicted molar refractivity (Wildman–Crippen MR) is 268 cm³/mol. The van der Waals surface area contributed by atoms with Gasteiger partial charge in [-0.3, -0.25) is 0 Å². The minimum absolute atomic E-state index is 0.0983. The molecule has 0 spiro atoms. The van der Waals surface area contributed by atoms with Crippen molar-refractivity contribution < 1.29 is 55.2 Å². The van der Waals surface area contributed by atoms with E-state index in [1.807, 2.05) is 17.0 Å². The van der Waals surface area contributed by atoms with Crippen LogP contribution in [0, 0.1) is 0 Å². The third-order valence-electron chi connectivity index (χ3n) is 11.3. The van der Waals surface area contributed by atoms with Gasteiger partial charge in [-0.05, 0) is 125 Å². The van der Waals surface area contributed by atoms with Crippen LogP contribution in [0.5, 0.6) is 17.2 Å². The number of hydrogen-bond donors (Lipinski definition) is 4. The van der Waals surface area contributed by atoms with E-state index in [1.54, 1.807) is 109 Å². The largest absolute Gasteiger partial charge is 0.497 e. The van der Waals surface area contributed by atoms with E-state index in [0.717, 1.165) is 5.56 Å². The highest BCUT2D eigenvalue weighted by atomic mass is 32.2. The van der Waals surface area contributed by atoms with Crippen molar-refractivity contribution in [1.82, 2.24) is 39.9 Å². The van der Waals surface area contributed by atoms with Crippen molar-refractivity contribution in [3.05, 3.63) is 102 Å². The Hall–Kier alpha value is -6.53. The number of rotatable bonds is 20. The number of nitrogens with zero attached hydrogens (tertiary/aromatic N) is 6. The fourth-order valence-electron chi connectivity index (χ4n) is 7.66. The predicted octanol–water partition coefficient (Wildman–Crippen LogP) is 5.46. The van der Waals surface area contributed by atoms with Gasteiger partial charge in [0.25, 0.3) is 0 Å². The fraction of sp³-hybridized carbons (Fsp3) is 0.449. The van der Waals surface area contributed by atoms with Gasteiger partial charge in [0.15, 0.2) is 0 Å². The lowest BCUT2D eigenvalue weighted by molar-refractivity contribution is 0.00801. The lowest BCUT2D eigenvalue weighted by Crippen LogP contribution is -2.51. The molecule has 0 bridgehead atoms. The molecule has 1 aliphatic rings. The minimum Gasteiger partial charge on any atom is -0.497 e. The molecule has 1 saturated heterocycles. The van der Waals surface area contributed by atoms with E-state index in [1.165, 1.54) is 35.5 Å². The molecule has 0 saturated carbocycles. The van der Waals surface area contributed by atoms with Gasteiger partial charge >= 0.3 is 12.2 Å². The van der Waals surface area contributed by atoms with Crippen LogP contribution in [-0.2, 0) is 49.2 Å². The number of sulfonamides is 2. The van der Waals surface area contributed by atoms with Crippen molar-refractivity contribution in [2.45, 2.75) is 101 Å². The van der Waals surface area contributed by atoms with Crippen molar-refractivity contribution in [2.75, 3.05) is 59.0 Å². The maximum Gasteiger partial charge on any atom is 0.407 e. The number of nitrogens with one attached hydrogen (secondary N) is 3. The smallest absolute Gasteiger partial charge is 0.407 e. The van der Waals surface area contributed by atoms with E-state index in [2.05, 4.69) is 25.7 Å². The van der Waals surface area contributed by atoms with Crippen molar-refractivity contribution in [3.8, 4) is 28.6 Å². The summed E-state index contributed by atoms with van der Waals surface area (Å²) in [6.07, 6.45) is -1.26. The van der Waals surface area contributed by atoms with Crippen molar-refractivity contribution in [3.63, 3.8) is 0 Å². The summed E-state index contributed by atoms with van der Waals surface area (Å²) in [5, 5.41) is 30.3. The Morgan fingerprint density at radius 1 is 0.694 bits per heavy atom. The molecule has 1 aliphatic heterocycles. The second-order valence-electron chi connectivity index (χ2n) is 19.1. The first kappa shape index (κ1) is 54.8. The zero-order chi connectivity index (χ0) is 52.5. The molecule has 390 valence electrons. The molecule has 23 heteroatoms. The summed E-state index contributed by atoms with van der Waals surface area (Å²) in [7, 11) is -5.16. The number of amides is 2. The minimum atomic E-state index is -4.97. The highest BCUT2D eigenvalue weighted by Crippen LogP contribution is 2.42. The summed E-state index contributed by atoms with van der Waals surface area (Å²) in [6.45, 7) is 9.46. The Morgan fingerprint density at radius 3 is 1.67 bits per heavy atom. The van der Waals surface area contributed by atoms with Gasteiger partial charge in [-0.1, -0.05) is 36.4 Å². The molecule has 0 atom stereocenters. The lowest BCUT2D eigenvalue weighted by Gasteiger charge is -2.40. The normalized spacial score (nSPS) is 14.1. The first-order valence-electron chi connectivity index (χ1n) is 23.2. The third kappa shape index (κ3) is 14.8. The van der Waals surface area contributed by atoms with Crippen LogP contribution >= 0.6 is 0 Å². The average molecular weight is 1040 g/mol. The summed E-state index contributed by atoms with van der Waals surface area (Å²) in [6, 6.07) is 23.4.